The summed E-state index contributed by atoms with van der Waals surface area (Å²) in [5.41, 5.74) is 1.91. The van der Waals surface area contributed by atoms with Crippen molar-refractivity contribution in [2.45, 2.75) is 51.9 Å². The maximum absolute atomic E-state index is 10.5. The monoisotopic (exact) mass is 244 g/mol. The molecule has 0 aromatic heterocycles. The van der Waals surface area contributed by atoms with Crippen LogP contribution in [-0.4, -0.2) is 6.29 Å². The number of benzene rings is 1. The highest BCUT2D eigenvalue weighted by molar-refractivity contribution is 5.75. The number of unbranched alkanes of at least 4 members (excludes halogenated alkanes) is 6. The molecule has 0 unspecified atom stereocenters. The van der Waals surface area contributed by atoms with Crippen molar-refractivity contribution in [1.29, 1.82) is 0 Å². The second-order valence-electron chi connectivity index (χ2n) is 4.74. The molecule has 0 aliphatic heterocycles. The van der Waals surface area contributed by atoms with Gasteiger partial charge in [0.05, 0.1) is 0 Å². The minimum absolute atomic E-state index is 0.739. The van der Waals surface area contributed by atoms with E-state index in [-0.39, 0.29) is 0 Å². The lowest BCUT2D eigenvalue weighted by atomic mass is 10.1. The Morgan fingerprint density at radius 2 is 1.50 bits per heavy atom. The van der Waals surface area contributed by atoms with Crippen molar-refractivity contribution in [3.05, 3.63) is 41.5 Å². The normalized spacial score (nSPS) is 10.9. The van der Waals surface area contributed by atoms with Gasteiger partial charge in [0.2, 0.25) is 0 Å². The number of aldehydes is 1. The van der Waals surface area contributed by atoms with E-state index in [0.717, 1.165) is 18.3 Å². The topological polar surface area (TPSA) is 17.1 Å². The van der Waals surface area contributed by atoms with Gasteiger partial charge in [-0.15, -0.1) is 0 Å². The maximum Gasteiger partial charge on any atom is 0.150 e. The largest absolute Gasteiger partial charge is 0.298 e. The zero-order valence-corrected chi connectivity index (χ0v) is 11.4. The van der Waals surface area contributed by atoms with E-state index in [1.807, 2.05) is 24.3 Å². The summed E-state index contributed by atoms with van der Waals surface area (Å²) in [5.74, 6) is 0. The summed E-state index contributed by atoms with van der Waals surface area (Å²) in [6, 6.07) is 7.69. The number of rotatable bonds is 9. The molecule has 0 spiro atoms. The summed E-state index contributed by atoms with van der Waals surface area (Å²) in [4.78, 5) is 10.5. The number of allylic oxidation sites excluding steroid dienone is 1. The lowest BCUT2D eigenvalue weighted by Crippen LogP contribution is -1.79. The van der Waals surface area contributed by atoms with Gasteiger partial charge in [-0.3, -0.25) is 4.79 Å². The lowest BCUT2D eigenvalue weighted by Gasteiger charge is -1.98. The van der Waals surface area contributed by atoms with E-state index in [1.54, 1.807) is 0 Å². The van der Waals surface area contributed by atoms with Gasteiger partial charge in [0.1, 0.15) is 6.29 Å². The minimum atomic E-state index is 0.739. The summed E-state index contributed by atoms with van der Waals surface area (Å²) in [7, 11) is 0. The van der Waals surface area contributed by atoms with E-state index < -0.39 is 0 Å². The van der Waals surface area contributed by atoms with Gasteiger partial charge in [-0.2, -0.15) is 0 Å². The molecule has 0 fully saturated rings. The standard InChI is InChI=1S/C17H24O/c1-2-3-4-5-6-7-8-9-10-16-11-13-17(15-18)14-12-16/h9-15H,2-8H2,1H3/b10-9+. The molecule has 0 heterocycles. The van der Waals surface area contributed by atoms with Crippen LogP contribution >= 0.6 is 0 Å². The van der Waals surface area contributed by atoms with Gasteiger partial charge < -0.3 is 0 Å². The van der Waals surface area contributed by atoms with E-state index in [2.05, 4.69) is 19.1 Å². The number of carbonyl (C=O) groups is 1. The zero-order valence-electron chi connectivity index (χ0n) is 11.4. The molecule has 1 rings (SSSR count). The molecule has 1 aromatic carbocycles. The molecule has 0 amide bonds. The van der Waals surface area contributed by atoms with E-state index in [0.29, 0.717) is 0 Å². The Kier molecular flexibility index (Phi) is 7.87. The lowest BCUT2D eigenvalue weighted by molar-refractivity contribution is 0.112. The summed E-state index contributed by atoms with van der Waals surface area (Å²) >= 11 is 0. The molecular weight excluding hydrogens is 220 g/mol. The molecule has 18 heavy (non-hydrogen) atoms. The quantitative estimate of drug-likeness (QED) is 0.427. The first-order valence-electron chi connectivity index (χ1n) is 7.08. The smallest absolute Gasteiger partial charge is 0.150 e. The van der Waals surface area contributed by atoms with Crippen LogP contribution in [0.15, 0.2) is 30.3 Å². The Morgan fingerprint density at radius 3 is 2.17 bits per heavy atom. The second-order valence-corrected chi connectivity index (χ2v) is 4.74. The molecule has 1 aromatic rings. The van der Waals surface area contributed by atoms with Crippen molar-refractivity contribution < 1.29 is 4.79 Å². The summed E-state index contributed by atoms with van der Waals surface area (Å²) in [6.45, 7) is 2.25. The van der Waals surface area contributed by atoms with Crippen molar-refractivity contribution in [3.63, 3.8) is 0 Å². The third-order valence-electron chi connectivity index (χ3n) is 3.11. The van der Waals surface area contributed by atoms with Crippen molar-refractivity contribution in [2.75, 3.05) is 0 Å². The molecule has 0 saturated carbocycles. The highest BCUT2D eigenvalue weighted by Gasteiger charge is 1.90. The van der Waals surface area contributed by atoms with E-state index >= 15 is 0 Å². The molecule has 0 aliphatic rings. The molecule has 0 saturated heterocycles. The van der Waals surface area contributed by atoms with E-state index in [4.69, 9.17) is 0 Å². The first-order valence-corrected chi connectivity index (χ1v) is 7.08. The number of hydrogen-bond donors (Lipinski definition) is 0. The van der Waals surface area contributed by atoms with Crippen LogP contribution in [0.4, 0.5) is 0 Å². The molecule has 0 radical (unpaired) electrons. The summed E-state index contributed by atoms with van der Waals surface area (Å²) < 4.78 is 0. The van der Waals surface area contributed by atoms with Crippen LogP contribution in [0.3, 0.4) is 0 Å². The Balaban J connectivity index is 2.14. The summed E-state index contributed by atoms with van der Waals surface area (Å²) in [5, 5.41) is 0. The third-order valence-corrected chi connectivity index (χ3v) is 3.11. The highest BCUT2D eigenvalue weighted by Crippen LogP contribution is 2.09. The maximum atomic E-state index is 10.5. The van der Waals surface area contributed by atoms with E-state index in [1.165, 1.54) is 44.1 Å². The van der Waals surface area contributed by atoms with Crippen molar-refractivity contribution >= 4 is 12.4 Å². The van der Waals surface area contributed by atoms with Crippen LogP contribution in [0.5, 0.6) is 0 Å². The third kappa shape index (κ3) is 6.39. The molecule has 0 aliphatic carbocycles. The zero-order chi connectivity index (χ0) is 13.1. The van der Waals surface area contributed by atoms with Crippen LogP contribution in [0.25, 0.3) is 6.08 Å². The molecule has 0 bridgehead atoms. The SMILES string of the molecule is CCCCCCCC/C=C/c1ccc(C=O)cc1. The van der Waals surface area contributed by atoms with Gasteiger partial charge in [-0.05, 0) is 18.4 Å². The predicted octanol–water partition coefficient (Wildman–Crippen LogP) is 5.26. The Labute approximate surface area is 111 Å². The minimum Gasteiger partial charge on any atom is -0.298 e. The van der Waals surface area contributed by atoms with Crippen molar-refractivity contribution in [3.8, 4) is 0 Å². The Hall–Kier alpha value is -1.37. The molecule has 98 valence electrons. The van der Waals surface area contributed by atoms with Gasteiger partial charge in [0.25, 0.3) is 0 Å². The molecular formula is C17H24O. The van der Waals surface area contributed by atoms with Gasteiger partial charge in [0.15, 0.2) is 0 Å². The van der Waals surface area contributed by atoms with Gasteiger partial charge in [0, 0.05) is 5.56 Å². The summed E-state index contributed by atoms with van der Waals surface area (Å²) in [6.07, 6.45) is 14.5. The average Bonchev–Trinajstić information content (AvgIpc) is 2.42. The molecule has 1 heteroatoms. The van der Waals surface area contributed by atoms with Crippen molar-refractivity contribution in [2.24, 2.45) is 0 Å². The van der Waals surface area contributed by atoms with Gasteiger partial charge in [-0.1, -0.05) is 75.4 Å². The molecule has 0 N–H and O–H groups in total. The van der Waals surface area contributed by atoms with Gasteiger partial charge >= 0.3 is 0 Å². The van der Waals surface area contributed by atoms with Crippen LogP contribution < -0.4 is 0 Å². The van der Waals surface area contributed by atoms with Crippen LogP contribution in [0.1, 0.15) is 67.8 Å². The van der Waals surface area contributed by atoms with Crippen LogP contribution in [-0.2, 0) is 0 Å². The molecule has 1 nitrogen and oxygen atoms in total. The van der Waals surface area contributed by atoms with Crippen molar-refractivity contribution in [1.82, 2.24) is 0 Å². The fraction of sp³-hybridized carbons (Fsp3) is 0.471. The predicted molar refractivity (Wildman–Crippen MR) is 78.9 cm³/mol. The first-order chi connectivity index (χ1) is 8.86. The number of hydrogen-bond acceptors (Lipinski definition) is 1. The number of carbonyl (C=O) groups excluding carboxylic acids is 1. The fourth-order valence-corrected chi connectivity index (χ4v) is 1.95. The van der Waals surface area contributed by atoms with E-state index in [9.17, 15) is 4.79 Å². The molecule has 0 atom stereocenters. The van der Waals surface area contributed by atoms with Crippen LogP contribution in [0, 0.1) is 0 Å². The fourth-order valence-electron chi connectivity index (χ4n) is 1.95. The highest BCUT2D eigenvalue weighted by atomic mass is 16.1. The Bertz CT molecular complexity index is 348. The van der Waals surface area contributed by atoms with Crippen LogP contribution in [0.2, 0.25) is 0 Å². The van der Waals surface area contributed by atoms with Gasteiger partial charge in [-0.25, -0.2) is 0 Å². The first kappa shape index (κ1) is 14.7. The Morgan fingerprint density at radius 1 is 0.889 bits per heavy atom. The second kappa shape index (κ2) is 9.64. The average molecular weight is 244 g/mol.